The smallest absolute Gasteiger partial charge is 0.220 e. The number of ether oxygens (including phenoxy) is 1. The molecule has 29 heavy (non-hydrogen) atoms. The molecule has 152 valence electrons. The minimum atomic E-state index is -2.01. The fourth-order valence-electron chi connectivity index (χ4n) is 3.61. The van der Waals surface area contributed by atoms with Crippen molar-refractivity contribution in [2.24, 2.45) is 4.99 Å². The SMILES string of the molecule is CC(C)(C)[Si](C)(C)O[C@@H]1N=C(O[C@H]2CCc3ccccc3C2=O)c2ccccc21. The Hall–Kier alpha value is -2.24. The molecule has 2 aromatic carbocycles. The van der Waals surface area contributed by atoms with Crippen molar-refractivity contribution in [3.8, 4) is 0 Å². The maximum atomic E-state index is 13.0. The van der Waals surface area contributed by atoms with Crippen molar-refractivity contribution >= 4 is 20.0 Å². The van der Waals surface area contributed by atoms with Gasteiger partial charge in [-0.3, -0.25) is 4.79 Å². The predicted octanol–water partition coefficient (Wildman–Crippen LogP) is 5.68. The van der Waals surface area contributed by atoms with Crippen molar-refractivity contribution < 1.29 is 14.0 Å². The second-order valence-corrected chi connectivity index (χ2v) is 14.2. The Balaban J connectivity index is 1.60. The lowest BCUT2D eigenvalue weighted by Gasteiger charge is -2.37. The zero-order valence-electron chi connectivity index (χ0n) is 17.9. The number of hydrogen-bond donors (Lipinski definition) is 0. The van der Waals surface area contributed by atoms with Crippen molar-refractivity contribution in [2.45, 2.75) is 64.1 Å². The lowest BCUT2D eigenvalue weighted by Crippen LogP contribution is -2.41. The molecule has 2 aliphatic rings. The van der Waals surface area contributed by atoms with Crippen LogP contribution >= 0.6 is 0 Å². The molecule has 0 amide bonds. The van der Waals surface area contributed by atoms with Gasteiger partial charge in [-0.1, -0.05) is 63.2 Å². The number of rotatable bonds is 3. The maximum Gasteiger partial charge on any atom is 0.220 e. The van der Waals surface area contributed by atoms with E-state index in [1.807, 2.05) is 48.5 Å². The number of carbonyl (C=O) groups excluding carboxylic acids is 1. The van der Waals surface area contributed by atoms with E-state index < -0.39 is 14.4 Å². The van der Waals surface area contributed by atoms with Gasteiger partial charge in [0.25, 0.3) is 0 Å². The van der Waals surface area contributed by atoms with Gasteiger partial charge < -0.3 is 9.16 Å². The Morgan fingerprint density at radius 2 is 1.66 bits per heavy atom. The van der Waals surface area contributed by atoms with Crippen LogP contribution in [0.1, 0.15) is 60.5 Å². The number of hydrogen-bond acceptors (Lipinski definition) is 4. The fourth-order valence-corrected chi connectivity index (χ4v) is 4.70. The van der Waals surface area contributed by atoms with Gasteiger partial charge in [0, 0.05) is 16.7 Å². The summed E-state index contributed by atoms with van der Waals surface area (Å²) in [5.41, 5.74) is 3.83. The molecule has 1 heterocycles. The molecule has 0 N–H and O–H groups in total. The summed E-state index contributed by atoms with van der Waals surface area (Å²) in [5, 5.41) is 0.0874. The predicted molar refractivity (Wildman–Crippen MR) is 118 cm³/mol. The van der Waals surface area contributed by atoms with Gasteiger partial charge in [0.2, 0.25) is 11.7 Å². The molecule has 0 bridgehead atoms. The van der Waals surface area contributed by atoms with Crippen molar-refractivity contribution in [3.05, 3.63) is 70.8 Å². The van der Waals surface area contributed by atoms with Crippen LogP contribution in [-0.4, -0.2) is 26.1 Å². The lowest BCUT2D eigenvalue weighted by molar-refractivity contribution is 0.0738. The van der Waals surface area contributed by atoms with E-state index >= 15 is 0 Å². The molecule has 2 aromatic rings. The first-order valence-corrected chi connectivity index (χ1v) is 13.2. The number of carbonyl (C=O) groups is 1. The van der Waals surface area contributed by atoms with Crippen molar-refractivity contribution in [1.29, 1.82) is 0 Å². The second-order valence-electron chi connectivity index (χ2n) is 9.42. The normalized spacial score (nSPS) is 21.4. The molecule has 0 spiro atoms. The Morgan fingerprint density at radius 3 is 2.38 bits per heavy atom. The number of fused-ring (bicyclic) bond motifs is 2. The third-order valence-corrected chi connectivity index (χ3v) is 10.8. The molecule has 0 saturated carbocycles. The molecule has 0 aromatic heterocycles. The van der Waals surface area contributed by atoms with Crippen LogP contribution in [0.15, 0.2) is 53.5 Å². The van der Waals surface area contributed by atoms with Crippen LogP contribution in [-0.2, 0) is 15.6 Å². The third-order valence-electron chi connectivity index (χ3n) is 6.41. The molecule has 1 aliphatic carbocycles. The summed E-state index contributed by atoms with van der Waals surface area (Å²) >= 11 is 0. The van der Waals surface area contributed by atoms with E-state index in [0.717, 1.165) is 28.7 Å². The Morgan fingerprint density at radius 1 is 1.00 bits per heavy atom. The molecular formula is C24H29NO3Si. The number of benzene rings is 2. The minimum absolute atomic E-state index is 0.0424. The zero-order chi connectivity index (χ0) is 20.8. The van der Waals surface area contributed by atoms with E-state index in [9.17, 15) is 4.79 Å². The average Bonchev–Trinajstić information content (AvgIpc) is 3.00. The Labute approximate surface area is 174 Å². The largest absolute Gasteiger partial charge is 0.466 e. The third kappa shape index (κ3) is 3.69. The summed E-state index contributed by atoms with van der Waals surface area (Å²) in [5.74, 6) is 0.572. The van der Waals surface area contributed by atoms with Crippen molar-refractivity contribution in [3.63, 3.8) is 0 Å². The molecule has 5 heteroatoms. The Kier molecular flexibility index (Phi) is 4.99. The average molecular weight is 408 g/mol. The molecule has 0 fully saturated rings. The minimum Gasteiger partial charge on any atom is -0.466 e. The van der Waals surface area contributed by atoms with Crippen LogP contribution in [0.5, 0.6) is 0 Å². The van der Waals surface area contributed by atoms with Crippen LogP contribution in [0.3, 0.4) is 0 Å². The van der Waals surface area contributed by atoms with Gasteiger partial charge in [0.15, 0.2) is 20.6 Å². The topological polar surface area (TPSA) is 47.9 Å². The second kappa shape index (κ2) is 7.22. The van der Waals surface area contributed by atoms with E-state index in [1.54, 1.807) is 0 Å². The monoisotopic (exact) mass is 407 g/mol. The van der Waals surface area contributed by atoms with Crippen LogP contribution in [0.4, 0.5) is 0 Å². The molecule has 4 rings (SSSR count). The van der Waals surface area contributed by atoms with Gasteiger partial charge in [-0.25, -0.2) is 4.99 Å². The summed E-state index contributed by atoms with van der Waals surface area (Å²) in [6, 6.07) is 15.8. The number of aliphatic imine (C=N–C) groups is 1. The van der Waals surface area contributed by atoms with E-state index in [4.69, 9.17) is 14.2 Å². The van der Waals surface area contributed by atoms with Gasteiger partial charge in [-0.2, -0.15) is 0 Å². The van der Waals surface area contributed by atoms with E-state index in [0.29, 0.717) is 12.3 Å². The highest BCUT2D eigenvalue weighted by Crippen LogP contribution is 2.42. The van der Waals surface area contributed by atoms with Crippen molar-refractivity contribution in [2.75, 3.05) is 0 Å². The van der Waals surface area contributed by atoms with Crippen LogP contribution in [0.2, 0.25) is 18.1 Å². The highest BCUT2D eigenvalue weighted by Gasteiger charge is 2.42. The van der Waals surface area contributed by atoms with Crippen LogP contribution in [0.25, 0.3) is 0 Å². The molecule has 1 aliphatic heterocycles. The summed E-state index contributed by atoms with van der Waals surface area (Å²) in [6.45, 7) is 11.1. The van der Waals surface area contributed by atoms with Gasteiger partial charge in [-0.15, -0.1) is 0 Å². The molecular weight excluding hydrogens is 378 g/mol. The first-order valence-electron chi connectivity index (χ1n) is 10.3. The van der Waals surface area contributed by atoms with Gasteiger partial charge in [0.1, 0.15) is 0 Å². The lowest BCUT2D eigenvalue weighted by atomic mass is 9.88. The molecule has 0 unspecified atom stereocenters. The first-order chi connectivity index (χ1) is 13.7. The summed E-state index contributed by atoms with van der Waals surface area (Å²) < 4.78 is 12.8. The number of ketones is 1. The maximum absolute atomic E-state index is 13.0. The quantitative estimate of drug-likeness (QED) is 0.615. The van der Waals surface area contributed by atoms with E-state index in [-0.39, 0.29) is 17.0 Å². The van der Waals surface area contributed by atoms with E-state index in [2.05, 4.69) is 33.9 Å². The highest BCUT2D eigenvalue weighted by atomic mass is 28.4. The van der Waals surface area contributed by atoms with Gasteiger partial charge in [0.05, 0.1) is 0 Å². The van der Waals surface area contributed by atoms with Crippen LogP contribution < -0.4 is 0 Å². The molecule has 2 atom stereocenters. The number of Topliss-reactive ketones (excluding diaryl/α,β-unsaturated/α-hetero) is 1. The first kappa shape index (κ1) is 20.0. The number of aryl methyl sites for hydroxylation is 1. The highest BCUT2D eigenvalue weighted by molar-refractivity contribution is 6.74. The van der Waals surface area contributed by atoms with E-state index in [1.165, 1.54) is 0 Å². The molecule has 4 nitrogen and oxygen atoms in total. The molecule has 0 saturated heterocycles. The summed E-state index contributed by atoms with van der Waals surface area (Å²) in [7, 11) is -2.01. The standard InChI is InChI=1S/C24H29NO3Si/c1-24(2,3)29(4,5)28-23-19-13-9-8-12-18(19)22(25-23)27-20-15-14-16-10-6-7-11-17(16)21(20)26/h6-13,20,23H,14-15H2,1-5H3/t20-,23-/m0/s1. The van der Waals surface area contributed by atoms with Gasteiger partial charge >= 0.3 is 0 Å². The summed E-state index contributed by atoms with van der Waals surface area (Å²) in [6.07, 6.45) is 0.646. The molecule has 0 radical (unpaired) electrons. The fraction of sp³-hybridized carbons (Fsp3) is 0.417. The Bertz CT molecular complexity index is 974. The van der Waals surface area contributed by atoms with Gasteiger partial charge in [-0.05, 0) is 42.6 Å². The zero-order valence-corrected chi connectivity index (χ0v) is 18.9. The summed E-state index contributed by atoms with van der Waals surface area (Å²) in [4.78, 5) is 17.7. The van der Waals surface area contributed by atoms with Crippen LogP contribution in [0, 0.1) is 0 Å². The number of nitrogens with zero attached hydrogens (tertiary/aromatic N) is 1. The van der Waals surface area contributed by atoms with Crippen molar-refractivity contribution in [1.82, 2.24) is 0 Å².